The van der Waals surface area contributed by atoms with Crippen LogP contribution in [0.15, 0.2) is 22.7 Å². The molecule has 0 unspecified atom stereocenters. The zero-order valence-electron chi connectivity index (χ0n) is 11.7. The zero-order valence-corrected chi connectivity index (χ0v) is 13.3. The summed E-state index contributed by atoms with van der Waals surface area (Å²) in [5.41, 5.74) is 1.13. The van der Waals surface area contributed by atoms with Gasteiger partial charge in [-0.1, -0.05) is 22.9 Å². The summed E-state index contributed by atoms with van der Waals surface area (Å²) in [5.74, 6) is 0.667. The minimum absolute atomic E-state index is 0.0476. The molecule has 0 aliphatic carbocycles. The molecule has 5 heteroatoms. The minimum atomic E-state index is -0.0476. The Morgan fingerprint density at radius 2 is 2.16 bits per heavy atom. The molecule has 0 saturated carbocycles. The Morgan fingerprint density at radius 3 is 2.79 bits per heavy atom. The number of rotatable bonds is 7. The molecule has 1 N–H and O–H groups in total. The van der Waals surface area contributed by atoms with E-state index >= 15 is 0 Å². The van der Waals surface area contributed by atoms with E-state index < -0.39 is 0 Å². The van der Waals surface area contributed by atoms with E-state index in [1.54, 1.807) is 14.1 Å². The van der Waals surface area contributed by atoms with Crippen molar-refractivity contribution in [2.45, 2.75) is 19.9 Å². The molecular formula is C14H21BrN2O2. The van der Waals surface area contributed by atoms with Gasteiger partial charge in [0.2, 0.25) is 0 Å². The van der Waals surface area contributed by atoms with E-state index in [2.05, 4.69) is 28.2 Å². The van der Waals surface area contributed by atoms with E-state index in [9.17, 15) is 4.79 Å². The number of carbonyl (C=O) groups is 1. The molecule has 1 aromatic carbocycles. The molecule has 0 spiro atoms. The highest BCUT2D eigenvalue weighted by Crippen LogP contribution is 2.22. The molecule has 1 amide bonds. The highest BCUT2D eigenvalue weighted by molar-refractivity contribution is 9.10. The fraction of sp³-hybridized carbons (Fsp3) is 0.500. The normalized spacial score (nSPS) is 10.3. The van der Waals surface area contributed by atoms with Gasteiger partial charge in [-0.2, -0.15) is 0 Å². The zero-order chi connectivity index (χ0) is 14.3. The number of carbonyl (C=O) groups excluding carboxylic acids is 1. The monoisotopic (exact) mass is 328 g/mol. The topological polar surface area (TPSA) is 41.6 Å². The van der Waals surface area contributed by atoms with Crippen LogP contribution in [0.1, 0.15) is 18.9 Å². The second-order valence-electron chi connectivity index (χ2n) is 4.51. The summed E-state index contributed by atoms with van der Waals surface area (Å²) in [4.78, 5) is 13.0. The molecule has 0 fully saturated rings. The summed E-state index contributed by atoms with van der Waals surface area (Å²) in [6, 6.07) is 5.75. The standard InChI is InChI=1S/C14H21BrN2O2/c1-4-7-16-9-11-8-12(5-6-13(11)15)19-10-14(18)17(2)3/h5-6,8,16H,4,7,9-10H2,1-3H3. The van der Waals surface area contributed by atoms with Crippen molar-refractivity contribution in [1.82, 2.24) is 10.2 Å². The lowest BCUT2D eigenvalue weighted by Gasteiger charge is -2.13. The molecule has 0 aliphatic rings. The molecule has 0 aromatic heterocycles. The first-order chi connectivity index (χ1) is 9.04. The molecule has 19 heavy (non-hydrogen) atoms. The molecule has 1 rings (SSSR count). The molecule has 0 saturated heterocycles. The third-order valence-electron chi connectivity index (χ3n) is 2.62. The maximum Gasteiger partial charge on any atom is 0.259 e. The second-order valence-corrected chi connectivity index (χ2v) is 5.36. The quantitative estimate of drug-likeness (QED) is 0.781. The summed E-state index contributed by atoms with van der Waals surface area (Å²) < 4.78 is 6.54. The first-order valence-corrected chi connectivity index (χ1v) is 7.16. The molecule has 0 heterocycles. The number of likely N-dealkylation sites (N-methyl/N-ethyl adjacent to an activating group) is 1. The number of nitrogens with one attached hydrogen (secondary N) is 1. The Morgan fingerprint density at radius 1 is 1.42 bits per heavy atom. The van der Waals surface area contributed by atoms with Crippen molar-refractivity contribution in [2.24, 2.45) is 0 Å². The van der Waals surface area contributed by atoms with Gasteiger partial charge in [0.05, 0.1) is 0 Å². The first-order valence-electron chi connectivity index (χ1n) is 6.36. The Bertz CT molecular complexity index is 422. The van der Waals surface area contributed by atoms with Gasteiger partial charge in [-0.3, -0.25) is 4.79 Å². The highest BCUT2D eigenvalue weighted by atomic mass is 79.9. The largest absolute Gasteiger partial charge is 0.484 e. The van der Waals surface area contributed by atoms with Crippen molar-refractivity contribution in [3.63, 3.8) is 0 Å². The van der Waals surface area contributed by atoms with E-state index in [0.29, 0.717) is 5.75 Å². The van der Waals surface area contributed by atoms with E-state index in [0.717, 1.165) is 29.5 Å². The smallest absolute Gasteiger partial charge is 0.259 e. The minimum Gasteiger partial charge on any atom is -0.484 e. The van der Waals surface area contributed by atoms with Crippen LogP contribution in [0.2, 0.25) is 0 Å². The van der Waals surface area contributed by atoms with Crippen molar-refractivity contribution >= 4 is 21.8 Å². The average molecular weight is 329 g/mol. The van der Waals surface area contributed by atoms with Crippen molar-refractivity contribution in [3.05, 3.63) is 28.2 Å². The maximum atomic E-state index is 11.5. The van der Waals surface area contributed by atoms with Gasteiger partial charge in [-0.15, -0.1) is 0 Å². The summed E-state index contributed by atoms with van der Waals surface area (Å²) in [7, 11) is 3.43. The predicted molar refractivity (Wildman–Crippen MR) is 80.3 cm³/mol. The van der Waals surface area contributed by atoms with Crippen LogP contribution in [0.25, 0.3) is 0 Å². The summed E-state index contributed by atoms with van der Waals surface area (Å²) in [5, 5.41) is 3.34. The van der Waals surface area contributed by atoms with Crippen LogP contribution >= 0.6 is 15.9 Å². The van der Waals surface area contributed by atoms with Gasteiger partial charge in [-0.25, -0.2) is 0 Å². The Labute approximate surface area is 123 Å². The fourth-order valence-corrected chi connectivity index (χ4v) is 1.84. The van der Waals surface area contributed by atoms with Gasteiger partial charge in [-0.05, 0) is 36.7 Å². The molecule has 0 atom stereocenters. The Kier molecular flexibility index (Phi) is 6.87. The van der Waals surface area contributed by atoms with Crippen LogP contribution in [-0.4, -0.2) is 38.1 Å². The molecule has 0 aliphatic heterocycles. The Balaban J connectivity index is 2.60. The number of halogens is 1. The number of amides is 1. The van der Waals surface area contributed by atoms with Crippen molar-refractivity contribution in [2.75, 3.05) is 27.2 Å². The summed E-state index contributed by atoms with van der Waals surface area (Å²) >= 11 is 3.52. The van der Waals surface area contributed by atoms with Gasteiger partial charge in [0.25, 0.3) is 5.91 Å². The van der Waals surface area contributed by atoms with E-state index in [1.807, 2.05) is 18.2 Å². The third kappa shape index (κ3) is 5.61. The number of nitrogens with zero attached hydrogens (tertiary/aromatic N) is 1. The van der Waals surface area contributed by atoms with Crippen LogP contribution < -0.4 is 10.1 Å². The molecule has 0 radical (unpaired) electrons. The maximum absolute atomic E-state index is 11.5. The first kappa shape index (κ1) is 16.0. The van der Waals surface area contributed by atoms with Crippen LogP contribution in [0.4, 0.5) is 0 Å². The van der Waals surface area contributed by atoms with E-state index in [4.69, 9.17) is 4.74 Å². The van der Waals surface area contributed by atoms with Gasteiger partial charge in [0.15, 0.2) is 6.61 Å². The number of hydrogen-bond donors (Lipinski definition) is 1. The average Bonchev–Trinajstić information content (AvgIpc) is 2.39. The van der Waals surface area contributed by atoms with Gasteiger partial charge in [0.1, 0.15) is 5.75 Å². The van der Waals surface area contributed by atoms with Crippen LogP contribution in [0.3, 0.4) is 0 Å². The molecular weight excluding hydrogens is 308 g/mol. The predicted octanol–water partition coefficient (Wildman–Crippen LogP) is 2.42. The number of ether oxygens (including phenoxy) is 1. The summed E-state index contributed by atoms with van der Waals surface area (Å²) in [6.07, 6.45) is 1.10. The third-order valence-corrected chi connectivity index (χ3v) is 3.39. The SMILES string of the molecule is CCCNCc1cc(OCC(=O)N(C)C)ccc1Br. The molecule has 4 nitrogen and oxygen atoms in total. The van der Waals surface area contributed by atoms with Crippen molar-refractivity contribution in [3.8, 4) is 5.75 Å². The van der Waals surface area contributed by atoms with Crippen LogP contribution in [0.5, 0.6) is 5.75 Å². The van der Waals surface area contributed by atoms with Gasteiger partial charge >= 0.3 is 0 Å². The van der Waals surface area contributed by atoms with Crippen molar-refractivity contribution < 1.29 is 9.53 Å². The van der Waals surface area contributed by atoms with Gasteiger partial charge < -0.3 is 15.0 Å². The lowest BCUT2D eigenvalue weighted by atomic mass is 10.2. The second kappa shape index (κ2) is 8.17. The fourth-order valence-electron chi connectivity index (χ4n) is 1.45. The van der Waals surface area contributed by atoms with E-state index in [-0.39, 0.29) is 12.5 Å². The highest BCUT2D eigenvalue weighted by Gasteiger charge is 2.06. The van der Waals surface area contributed by atoms with Crippen LogP contribution in [-0.2, 0) is 11.3 Å². The van der Waals surface area contributed by atoms with Gasteiger partial charge in [0, 0.05) is 25.1 Å². The molecule has 1 aromatic rings. The molecule has 0 bridgehead atoms. The number of hydrogen-bond acceptors (Lipinski definition) is 3. The van der Waals surface area contributed by atoms with Crippen molar-refractivity contribution in [1.29, 1.82) is 0 Å². The lowest BCUT2D eigenvalue weighted by molar-refractivity contribution is -0.130. The van der Waals surface area contributed by atoms with Crippen LogP contribution in [0, 0.1) is 0 Å². The number of benzene rings is 1. The Hall–Kier alpha value is -1.07. The van der Waals surface area contributed by atoms with E-state index in [1.165, 1.54) is 4.90 Å². The lowest BCUT2D eigenvalue weighted by Crippen LogP contribution is -2.27. The molecule has 106 valence electrons. The summed E-state index contributed by atoms with van der Waals surface area (Å²) in [6.45, 7) is 3.97.